The van der Waals surface area contributed by atoms with Crippen molar-refractivity contribution in [2.45, 2.75) is 6.54 Å². The van der Waals surface area contributed by atoms with Crippen LogP contribution in [-0.4, -0.2) is 17.2 Å². The van der Waals surface area contributed by atoms with Gasteiger partial charge in [-0.2, -0.15) is 0 Å². The molecule has 0 spiro atoms. The molecule has 2 aromatic rings. The number of aldehydes is 1. The lowest BCUT2D eigenvalue weighted by Crippen LogP contribution is -2.23. The van der Waals surface area contributed by atoms with Gasteiger partial charge in [0.15, 0.2) is 5.69 Å². The highest BCUT2D eigenvalue weighted by molar-refractivity contribution is 6.31. The highest BCUT2D eigenvalue weighted by Gasteiger charge is 2.11. The molecule has 0 unspecified atom stereocenters. The van der Waals surface area contributed by atoms with Crippen molar-refractivity contribution in [3.63, 3.8) is 0 Å². The molecular formula is C12H9ClN2O3. The van der Waals surface area contributed by atoms with Crippen LogP contribution in [0.15, 0.2) is 34.9 Å². The van der Waals surface area contributed by atoms with Crippen LogP contribution in [0, 0.1) is 0 Å². The van der Waals surface area contributed by atoms with Crippen molar-refractivity contribution in [3.8, 4) is 0 Å². The third kappa shape index (κ3) is 2.75. The Morgan fingerprint density at radius 3 is 2.89 bits per heavy atom. The van der Waals surface area contributed by atoms with Crippen molar-refractivity contribution in [1.29, 1.82) is 0 Å². The standard InChI is InChI=1S/C12H9ClN2O3/c13-9-4-2-1-3-8(9)5-14-12(17)10-7-18-11(6-16)15-10/h1-4,6-7H,5H2,(H,14,17). The average molecular weight is 265 g/mol. The first-order valence-corrected chi connectivity index (χ1v) is 5.51. The molecule has 5 nitrogen and oxygen atoms in total. The third-order valence-corrected chi connectivity index (χ3v) is 2.62. The van der Waals surface area contributed by atoms with Gasteiger partial charge >= 0.3 is 0 Å². The number of nitrogens with one attached hydrogen (secondary N) is 1. The zero-order chi connectivity index (χ0) is 13.0. The second kappa shape index (κ2) is 5.46. The van der Waals surface area contributed by atoms with E-state index in [1.165, 1.54) is 0 Å². The quantitative estimate of drug-likeness (QED) is 0.858. The Bertz CT molecular complexity index is 580. The van der Waals surface area contributed by atoms with Gasteiger partial charge in [0.05, 0.1) is 0 Å². The molecule has 0 aliphatic carbocycles. The minimum absolute atomic E-state index is 0.0594. The van der Waals surface area contributed by atoms with E-state index in [0.717, 1.165) is 11.8 Å². The molecule has 0 saturated heterocycles. The number of amides is 1. The molecule has 1 aromatic heterocycles. The fourth-order valence-electron chi connectivity index (χ4n) is 1.35. The van der Waals surface area contributed by atoms with Crippen LogP contribution in [0.3, 0.4) is 0 Å². The Morgan fingerprint density at radius 1 is 1.44 bits per heavy atom. The van der Waals surface area contributed by atoms with Crippen molar-refractivity contribution in [2.24, 2.45) is 0 Å². The van der Waals surface area contributed by atoms with E-state index >= 15 is 0 Å². The predicted molar refractivity (Wildman–Crippen MR) is 64.5 cm³/mol. The maximum Gasteiger partial charge on any atom is 0.273 e. The van der Waals surface area contributed by atoms with Gasteiger partial charge in [0.25, 0.3) is 11.8 Å². The minimum atomic E-state index is -0.424. The van der Waals surface area contributed by atoms with Gasteiger partial charge in [0, 0.05) is 11.6 Å². The summed E-state index contributed by atoms with van der Waals surface area (Å²) in [4.78, 5) is 25.7. The number of nitrogens with zero attached hydrogens (tertiary/aromatic N) is 1. The average Bonchev–Trinajstić information content (AvgIpc) is 2.86. The van der Waals surface area contributed by atoms with E-state index in [9.17, 15) is 9.59 Å². The number of hydrogen-bond donors (Lipinski definition) is 1. The molecule has 0 saturated carbocycles. The van der Waals surface area contributed by atoms with Crippen molar-refractivity contribution in [2.75, 3.05) is 0 Å². The summed E-state index contributed by atoms with van der Waals surface area (Å²) in [5.41, 5.74) is 0.857. The van der Waals surface area contributed by atoms with E-state index < -0.39 is 5.91 Å². The molecule has 0 aliphatic heterocycles. The zero-order valence-electron chi connectivity index (χ0n) is 9.22. The summed E-state index contributed by atoms with van der Waals surface area (Å²) in [6.07, 6.45) is 1.57. The van der Waals surface area contributed by atoms with Crippen molar-refractivity contribution >= 4 is 23.8 Å². The fraction of sp³-hybridized carbons (Fsp3) is 0.0833. The topological polar surface area (TPSA) is 72.2 Å². The maximum absolute atomic E-state index is 11.7. The Kier molecular flexibility index (Phi) is 3.74. The van der Waals surface area contributed by atoms with Crippen molar-refractivity contribution in [1.82, 2.24) is 10.3 Å². The SMILES string of the molecule is O=Cc1nc(C(=O)NCc2ccccc2Cl)co1. The highest BCUT2D eigenvalue weighted by atomic mass is 35.5. The number of carbonyl (C=O) groups excluding carboxylic acids is 2. The van der Waals surface area contributed by atoms with Crippen LogP contribution in [0.2, 0.25) is 5.02 Å². The molecule has 0 aliphatic rings. The lowest BCUT2D eigenvalue weighted by atomic mass is 10.2. The van der Waals surface area contributed by atoms with E-state index in [1.54, 1.807) is 6.07 Å². The van der Waals surface area contributed by atoms with E-state index in [2.05, 4.69) is 10.3 Å². The second-order valence-corrected chi connectivity index (χ2v) is 3.87. The number of halogens is 1. The Morgan fingerprint density at radius 2 is 2.22 bits per heavy atom. The molecule has 1 N–H and O–H groups in total. The first-order valence-electron chi connectivity index (χ1n) is 5.13. The number of hydrogen-bond acceptors (Lipinski definition) is 4. The third-order valence-electron chi connectivity index (χ3n) is 2.25. The van der Waals surface area contributed by atoms with Crippen molar-refractivity contribution < 1.29 is 14.0 Å². The lowest BCUT2D eigenvalue weighted by molar-refractivity contribution is 0.0946. The predicted octanol–water partition coefficient (Wildman–Crippen LogP) is 2.07. The Hall–Kier alpha value is -2.14. The van der Waals surface area contributed by atoms with Crippen LogP contribution in [-0.2, 0) is 6.54 Å². The normalized spacial score (nSPS) is 10.1. The van der Waals surface area contributed by atoms with Gasteiger partial charge in [-0.25, -0.2) is 4.98 Å². The number of rotatable bonds is 4. The van der Waals surface area contributed by atoms with Crippen LogP contribution in [0.1, 0.15) is 26.7 Å². The molecule has 6 heteroatoms. The Labute approximate surface area is 108 Å². The van der Waals surface area contributed by atoms with E-state index in [1.807, 2.05) is 18.2 Å². The largest absolute Gasteiger partial charge is 0.442 e. The molecule has 0 bridgehead atoms. The first-order chi connectivity index (χ1) is 8.70. The smallest absolute Gasteiger partial charge is 0.273 e. The summed E-state index contributed by atoms with van der Waals surface area (Å²) in [5.74, 6) is -0.551. The molecule has 1 amide bonds. The van der Waals surface area contributed by atoms with Gasteiger partial charge in [-0.3, -0.25) is 9.59 Å². The summed E-state index contributed by atoms with van der Waals surface area (Å²) >= 11 is 5.95. The van der Waals surface area contributed by atoms with Gasteiger partial charge in [0.2, 0.25) is 6.29 Å². The molecule has 92 valence electrons. The van der Waals surface area contributed by atoms with Gasteiger partial charge in [-0.1, -0.05) is 29.8 Å². The molecule has 1 aromatic carbocycles. The minimum Gasteiger partial charge on any atom is -0.442 e. The fourth-order valence-corrected chi connectivity index (χ4v) is 1.56. The second-order valence-electron chi connectivity index (χ2n) is 3.46. The maximum atomic E-state index is 11.7. The number of aromatic nitrogens is 1. The van der Waals surface area contributed by atoms with E-state index in [-0.39, 0.29) is 18.1 Å². The monoisotopic (exact) mass is 264 g/mol. The molecule has 2 rings (SSSR count). The zero-order valence-corrected chi connectivity index (χ0v) is 9.98. The summed E-state index contributed by atoms with van der Waals surface area (Å²) in [7, 11) is 0. The number of carbonyl (C=O) groups is 2. The molecule has 18 heavy (non-hydrogen) atoms. The number of oxazole rings is 1. The molecule has 0 atom stereocenters. The highest BCUT2D eigenvalue weighted by Crippen LogP contribution is 2.14. The first kappa shape index (κ1) is 12.3. The van der Waals surface area contributed by atoms with Crippen molar-refractivity contribution in [3.05, 3.63) is 52.7 Å². The molecule has 1 heterocycles. The van der Waals surface area contributed by atoms with Crippen LogP contribution < -0.4 is 5.32 Å². The Balaban J connectivity index is 2.00. The summed E-state index contributed by atoms with van der Waals surface area (Å²) in [5, 5.41) is 3.21. The van der Waals surface area contributed by atoms with Gasteiger partial charge in [-0.05, 0) is 11.6 Å². The molecule has 0 radical (unpaired) electrons. The number of benzene rings is 1. The van der Waals surface area contributed by atoms with Crippen LogP contribution in [0.25, 0.3) is 0 Å². The summed E-state index contributed by atoms with van der Waals surface area (Å²) in [6, 6.07) is 7.18. The van der Waals surface area contributed by atoms with Crippen LogP contribution in [0.5, 0.6) is 0 Å². The lowest BCUT2D eigenvalue weighted by Gasteiger charge is -2.04. The van der Waals surface area contributed by atoms with Crippen LogP contribution in [0.4, 0.5) is 0 Å². The van der Waals surface area contributed by atoms with Crippen LogP contribution >= 0.6 is 11.6 Å². The summed E-state index contributed by atoms with van der Waals surface area (Å²) in [6.45, 7) is 0.280. The van der Waals surface area contributed by atoms with E-state index in [0.29, 0.717) is 11.3 Å². The molecular weight excluding hydrogens is 256 g/mol. The van der Waals surface area contributed by atoms with Gasteiger partial charge < -0.3 is 9.73 Å². The summed E-state index contributed by atoms with van der Waals surface area (Å²) < 4.78 is 4.74. The van der Waals surface area contributed by atoms with Gasteiger partial charge in [0.1, 0.15) is 6.26 Å². The van der Waals surface area contributed by atoms with E-state index in [4.69, 9.17) is 16.0 Å². The van der Waals surface area contributed by atoms with Gasteiger partial charge in [-0.15, -0.1) is 0 Å². The molecule has 0 fully saturated rings.